The molecule has 1 aromatic heterocycles. The van der Waals surface area contributed by atoms with Gasteiger partial charge in [0.2, 0.25) is 0 Å². The van der Waals surface area contributed by atoms with Crippen molar-refractivity contribution in [3.05, 3.63) is 6.20 Å². The van der Waals surface area contributed by atoms with Crippen LogP contribution in [0.4, 0.5) is 10.7 Å². The minimum atomic E-state index is 0.720. The van der Waals surface area contributed by atoms with Crippen LogP contribution in [-0.2, 0) is 0 Å². The molecule has 0 saturated carbocycles. The first-order valence-corrected chi connectivity index (χ1v) is 3.00. The number of nitrogens with two attached hydrogens (primary N) is 1. The minimum Gasteiger partial charge on any atom is -0.395 e. The summed E-state index contributed by atoms with van der Waals surface area (Å²) in [7, 11) is 1.82. The third kappa shape index (κ3) is 0.742. The van der Waals surface area contributed by atoms with E-state index in [1.807, 2.05) is 7.05 Å². The Morgan fingerprint density at radius 3 is 2.88 bits per heavy atom. The molecule has 0 bridgehead atoms. The van der Waals surface area contributed by atoms with E-state index in [4.69, 9.17) is 5.73 Å². The molecule has 0 aliphatic heterocycles. The second-order valence-corrected chi connectivity index (χ2v) is 2.16. The summed E-state index contributed by atoms with van der Waals surface area (Å²) in [6, 6.07) is 0. The maximum Gasteiger partial charge on any atom is 0.132 e. The Morgan fingerprint density at radius 2 is 2.62 bits per heavy atom. The van der Waals surface area contributed by atoms with Gasteiger partial charge in [-0.05, 0) is 11.5 Å². The fourth-order valence-electron chi connectivity index (χ4n) is 0.437. The molecule has 0 fully saturated rings. The lowest BCUT2D eigenvalue weighted by Gasteiger charge is -1.90. The molecule has 3 nitrogen and oxygen atoms in total. The van der Waals surface area contributed by atoms with Crippen molar-refractivity contribution in [3.8, 4) is 0 Å². The van der Waals surface area contributed by atoms with Crippen LogP contribution in [0.3, 0.4) is 0 Å². The Labute approximate surface area is 51.7 Å². The van der Waals surface area contributed by atoms with Gasteiger partial charge in [0.05, 0.1) is 11.9 Å². The highest BCUT2D eigenvalue weighted by Crippen LogP contribution is 2.20. The van der Waals surface area contributed by atoms with Crippen molar-refractivity contribution in [2.45, 2.75) is 0 Å². The standard InChI is InChI=1S/C4H7N3S/c1-6-4-3(5)2-7-8-4/h2,6H,5H2,1H3. The maximum absolute atomic E-state index is 5.44. The Bertz CT molecular complexity index is 172. The summed E-state index contributed by atoms with van der Waals surface area (Å²) in [5.41, 5.74) is 6.16. The summed E-state index contributed by atoms with van der Waals surface area (Å²) in [5, 5.41) is 3.84. The van der Waals surface area contributed by atoms with Gasteiger partial charge in [-0.3, -0.25) is 0 Å². The monoisotopic (exact) mass is 129 g/mol. The van der Waals surface area contributed by atoms with E-state index in [1.165, 1.54) is 11.5 Å². The van der Waals surface area contributed by atoms with Gasteiger partial charge in [0, 0.05) is 7.05 Å². The topological polar surface area (TPSA) is 50.9 Å². The van der Waals surface area contributed by atoms with E-state index in [2.05, 4.69) is 9.69 Å². The van der Waals surface area contributed by atoms with Crippen LogP contribution in [0.5, 0.6) is 0 Å². The first kappa shape index (κ1) is 5.37. The van der Waals surface area contributed by atoms with Crippen molar-refractivity contribution in [2.75, 3.05) is 18.1 Å². The number of nitrogens with one attached hydrogen (secondary N) is 1. The van der Waals surface area contributed by atoms with Crippen molar-refractivity contribution < 1.29 is 0 Å². The van der Waals surface area contributed by atoms with E-state index in [0.717, 1.165) is 10.7 Å². The zero-order chi connectivity index (χ0) is 5.98. The van der Waals surface area contributed by atoms with E-state index in [1.54, 1.807) is 6.20 Å². The average Bonchev–Trinajstić information content (AvgIpc) is 2.14. The normalized spacial score (nSPS) is 9.12. The van der Waals surface area contributed by atoms with Crippen LogP contribution in [-0.4, -0.2) is 11.4 Å². The molecule has 0 spiro atoms. The molecule has 0 saturated heterocycles. The van der Waals surface area contributed by atoms with Gasteiger partial charge < -0.3 is 11.1 Å². The zero-order valence-electron chi connectivity index (χ0n) is 4.51. The quantitative estimate of drug-likeness (QED) is 0.588. The molecular weight excluding hydrogens is 122 g/mol. The van der Waals surface area contributed by atoms with Gasteiger partial charge in [0.1, 0.15) is 5.00 Å². The van der Waals surface area contributed by atoms with Crippen LogP contribution in [0.25, 0.3) is 0 Å². The first-order valence-electron chi connectivity index (χ1n) is 2.22. The third-order valence-electron chi connectivity index (χ3n) is 0.825. The van der Waals surface area contributed by atoms with Crippen molar-refractivity contribution in [1.82, 2.24) is 4.37 Å². The van der Waals surface area contributed by atoms with E-state index in [0.29, 0.717) is 0 Å². The number of nitrogen functional groups attached to an aromatic ring is 1. The molecule has 0 aliphatic carbocycles. The van der Waals surface area contributed by atoms with Crippen LogP contribution < -0.4 is 11.1 Å². The van der Waals surface area contributed by atoms with Gasteiger partial charge in [0.25, 0.3) is 0 Å². The molecule has 44 valence electrons. The fourth-order valence-corrected chi connectivity index (χ4v) is 0.958. The maximum atomic E-state index is 5.44. The van der Waals surface area contributed by atoms with Crippen molar-refractivity contribution in [3.63, 3.8) is 0 Å². The second-order valence-electron chi connectivity index (χ2n) is 1.36. The van der Waals surface area contributed by atoms with Crippen molar-refractivity contribution in [1.29, 1.82) is 0 Å². The molecule has 1 rings (SSSR count). The molecule has 0 atom stereocenters. The summed E-state index contributed by atoms with van der Waals surface area (Å²) >= 11 is 1.36. The van der Waals surface area contributed by atoms with Gasteiger partial charge in [-0.25, -0.2) is 0 Å². The number of nitrogens with zero attached hydrogens (tertiary/aromatic N) is 1. The predicted octanol–water partition coefficient (Wildman–Crippen LogP) is 0.767. The highest BCUT2D eigenvalue weighted by molar-refractivity contribution is 7.10. The minimum absolute atomic E-state index is 0.720. The lowest BCUT2D eigenvalue weighted by molar-refractivity contribution is 1.56. The molecule has 0 aromatic carbocycles. The third-order valence-corrected chi connectivity index (χ3v) is 1.66. The van der Waals surface area contributed by atoms with Crippen molar-refractivity contribution >= 4 is 22.2 Å². The Morgan fingerprint density at radius 1 is 1.88 bits per heavy atom. The number of hydrogen-bond acceptors (Lipinski definition) is 4. The van der Waals surface area contributed by atoms with E-state index in [-0.39, 0.29) is 0 Å². The van der Waals surface area contributed by atoms with Gasteiger partial charge >= 0.3 is 0 Å². The highest BCUT2D eigenvalue weighted by atomic mass is 32.1. The SMILES string of the molecule is CNc1sncc1N. The molecule has 0 aliphatic rings. The lowest BCUT2D eigenvalue weighted by atomic mass is 10.6. The molecule has 0 radical (unpaired) electrons. The Balaban J connectivity index is 2.92. The number of aromatic nitrogens is 1. The average molecular weight is 129 g/mol. The number of anilines is 2. The summed E-state index contributed by atoms with van der Waals surface area (Å²) in [6.45, 7) is 0. The number of hydrogen-bond donors (Lipinski definition) is 2. The predicted molar refractivity (Wildman–Crippen MR) is 36.1 cm³/mol. The second kappa shape index (κ2) is 2.00. The van der Waals surface area contributed by atoms with Crippen molar-refractivity contribution in [2.24, 2.45) is 0 Å². The molecule has 8 heavy (non-hydrogen) atoms. The van der Waals surface area contributed by atoms with Gasteiger partial charge in [-0.15, -0.1) is 0 Å². The largest absolute Gasteiger partial charge is 0.395 e. The van der Waals surface area contributed by atoms with E-state index >= 15 is 0 Å². The van der Waals surface area contributed by atoms with Crippen LogP contribution >= 0.6 is 11.5 Å². The van der Waals surface area contributed by atoms with E-state index < -0.39 is 0 Å². The Hall–Kier alpha value is -0.770. The highest BCUT2D eigenvalue weighted by Gasteiger charge is 1.94. The zero-order valence-corrected chi connectivity index (χ0v) is 5.33. The summed E-state index contributed by atoms with van der Waals surface area (Å²) < 4.78 is 3.85. The molecular formula is C4H7N3S. The summed E-state index contributed by atoms with van der Waals surface area (Å²) in [6.07, 6.45) is 1.64. The molecule has 0 unspecified atom stereocenters. The summed E-state index contributed by atoms with van der Waals surface area (Å²) in [4.78, 5) is 0. The van der Waals surface area contributed by atoms with Crippen LogP contribution in [0, 0.1) is 0 Å². The fraction of sp³-hybridized carbons (Fsp3) is 0.250. The van der Waals surface area contributed by atoms with Gasteiger partial charge in [-0.2, -0.15) is 4.37 Å². The Kier molecular flexibility index (Phi) is 1.34. The number of rotatable bonds is 1. The lowest BCUT2D eigenvalue weighted by Crippen LogP contribution is -1.88. The molecule has 1 heterocycles. The first-order chi connectivity index (χ1) is 3.84. The summed E-state index contributed by atoms with van der Waals surface area (Å²) in [5.74, 6) is 0. The molecule has 4 heteroatoms. The van der Waals surface area contributed by atoms with Gasteiger partial charge in [-0.1, -0.05) is 0 Å². The van der Waals surface area contributed by atoms with E-state index in [9.17, 15) is 0 Å². The van der Waals surface area contributed by atoms with Crippen LogP contribution in [0.1, 0.15) is 0 Å². The smallest absolute Gasteiger partial charge is 0.132 e. The van der Waals surface area contributed by atoms with Crippen LogP contribution in [0.2, 0.25) is 0 Å². The molecule has 0 amide bonds. The molecule has 3 N–H and O–H groups in total. The molecule has 1 aromatic rings. The van der Waals surface area contributed by atoms with Crippen LogP contribution in [0.15, 0.2) is 6.20 Å². The van der Waals surface area contributed by atoms with Gasteiger partial charge in [0.15, 0.2) is 0 Å².